The highest BCUT2D eigenvalue weighted by Crippen LogP contribution is 2.49. The number of aryl methyl sites for hydroxylation is 1. The first-order valence-corrected chi connectivity index (χ1v) is 10.2. The Labute approximate surface area is 162 Å². The summed E-state index contributed by atoms with van der Waals surface area (Å²) in [6.45, 7) is 1.97. The molecule has 1 heterocycles. The van der Waals surface area contributed by atoms with Crippen molar-refractivity contribution in [1.29, 1.82) is 0 Å². The van der Waals surface area contributed by atoms with Gasteiger partial charge in [0.25, 0.3) is 0 Å². The molecule has 2 aliphatic rings. The molecule has 6 heteroatoms. The highest BCUT2D eigenvalue weighted by molar-refractivity contribution is 7.99. The van der Waals surface area contributed by atoms with Crippen LogP contribution in [0.4, 0.5) is 10.1 Å². The Kier molecular flexibility index (Phi) is 4.91. The van der Waals surface area contributed by atoms with E-state index in [1.54, 1.807) is 28.8 Å². The molecule has 140 valence electrons. The molecule has 2 aromatic rings. The third-order valence-electron chi connectivity index (χ3n) is 5.16. The molecule has 1 N–H and O–H groups in total. The standard InChI is InChI=1S/C21H21FN2O2S/c1-13-3-2-4-16(9-13)23-20(25)19-11-27-12-24(19)21(26)18-10-17(18)14-5-7-15(22)8-6-14/h2-9,17-19H,10-12H2,1H3,(H,23,25). The van der Waals surface area contributed by atoms with E-state index < -0.39 is 6.04 Å². The van der Waals surface area contributed by atoms with Crippen LogP contribution in [0, 0.1) is 18.7 Å². The van der Waals surface area contributed by atoms with Crippen molar-refractivity contribution in [2.24, 2.45) is 5.92 Å². The number of halogens is 1. The second kappa shape index (κ2) is 7.35. The van der Waals surface area contributed by atoms with Crippen LogP contribution in [-0.4, -0.2) is 34.4 Å². The molecule has 1 saturated carbocycles. The average Bonchev–Trinajstić information content (AvgIpc) is 3.29. The molecule has 4 rings (SSSR count). The Bertz CT molecular complexity index is 871. The molecule has 0 radical (unpaired) electrons. The van der Waals surface area contributed by atoms with E-state index in [0.29, 0.717) is 11.6 Å². The van der Waals surface area contributed by atoms with E-state index in [2.05, 4.69) is 5.32 Å². The number of anilines is 1. The molecule has 3 unspecified atom stereocenters. The topological polar surface area (TPSA) is 49.4 Å². The Morgan fingerprint density at radius 2 is 1.96 bits per heavy atom. The van der Waals surface area contributed by atoms with Crippen LogP contribution in [0.5, 0.6) is 0 Å². The first-order chi connectivity index (χ1) is 13.0. The van der Waals surface area contributed by atoms with Gasteiger partial charge in [0.1, 0.15) is 11.9 Å². The maximum atomic E-state index is 13.1. The fourth-order valence-electron chi connectivity index (χ4n) is 3.58. The minimum atomic E-state index is -0.447. The van der Waals surface area contributed by atoms with Crippen molar-refractivity contribution in [3.05, 3.63) is 65.5 Å². The summed E-state index contributed by atoms with van der Waals surface area (Å²) in [7, 11) is 0. The lowest BCUT2D eigenvalue weighted by Gasteiger charge is -2.23. The monoisotopic (exact) mass is 384 g/mol. The first-order valence-electron chi connectivity index (χ1n) is 9.04. The van der Waals surface area contributed by atoms with Crippen LogP contribution in [0.2, 0.25) is 0 Å². The van der Waals surface area contributed by atoms with Gasteiger partial charge >= 0.3 is 0 Å². The maximum absolute atomic E-state index is 13.1. The lowest BCUT2D eigenvalue weighted by Crippen LogP contribution is -2.45. The zero-order chi connectivity index (χ0) is 19.0. The predicted octanol–water partition coefficient (Wildman–Crippen LogP) is 3.78. The van der Waals surface area contributed by atoms with Crippen molar-refractivity contribution in [2.45, 2.75) is 25.3 Å². The number of hydrogen-bond donors (Lipinski definition) is 1. The molecular formula is C21H21FN2O2S. The normalized spacial score (nSPS) is 23.9. The summed E-state index contributed by atoms with van der Waals surface area (Å²) in [5.74, 6) is 0.782. The largest absolute Gasteiger partial charge is 0.324 e. The molecule has 2 amide bonds. The van der Waals surface area contributed by atoms with Crippen molar-refractivity contribution in [3.63, 3.8) is 0 Å². The smallest absolute Gasteiger partial charge is 0.248 e. The molecule has 4 nitrogen and oxygen atoms in total. The van der Waals surface area contributed by atoms with E-state index in [0.717, 1.165) is 23.2 Å². The third-order valence-corrected chi connectivity index (χ3v) is 6.17. The number of rotatable bonds is 4. The van der Waals surface area contributed by atoms with Gasteiger partial charge in [-0.2, -0.15) is 0 Å². The van der Waals surface area contributed by atoms with Gasteiger partial charge in [0.05, 0.1) is 5.88 Å². The summed E-state index contributed by atoms with van der Waals surface area (Å²) in [5, 5.41) is 2.93. The van der Waals surface area contributed by atoms with Crippen LogP contribution in [0.1, 0.15) is 23.5 Å². The highest BCUT2D eigenvalue weighted by Gasteiger charge is 2.48. The van der Waals surface area contributed by atoms with Crippen LogP contribution >= 0.6 is 11.8 Å². The van der Waals surface area contributed by atoms with Gasteiger partial charge < -0.3 is 10.2 Å². The van der Waals surface area contributed by atoms with Crippen LogP contribution in [0.3, 0.4) is 0 Å². The third kappa shape index (κ3) is 3.86. The molecular weight excluding hydrogens is 363 g/mol. The van der Waals surface area contributed by atoms with E-state index in [9.17, 15) is 14.0 Å². The Balaban J connectivity index is 1.41. The van der Waals surface area contributed by atoms with Crippen LogP contribution in [-0.2, 0) is 9.59 Å². The molecule has 0 aromatic heterocycles. The van der Waals surface area contributed by atoms with Crippen molar-refractivity contribution in [3.8, 4) is 0 Å². The zero-order valence-electron chi connectivity index (χ0n) is 15.0. The van der Waals surface area contributed by atoms with E-state index >= 15 is 0 Å². The fourth-order valence-corrected chi connectivity index (χ4v) is 4.75. The lowest BCUT2D eigenvalue weighted by atomic mass is 10.1. The highest BCUT2D eigenvalue weighted by atomic mass is 32.2. The summed E-state index contributed by atoms with van der Waals surface area (Å²) < 4.78 is 13.1. The summed E-state index contributed by atoms with van der Waals surface area (Å²) in [6, 6.07) is 13.5. The van der Waals surface area contributed by atoms with Gasteiger partial charge in [-0.3, -0.25) is 9.59 Å². The molecule has 1 saturated heterocycles. The lowest BCUT2D eigenvalue weighted by molar-refractivity contribution is -0.137. The average molecular weight is 384 g/mol. The van der Waals surface area contributed by atoms with Crippen LogP contribution in [0.25, 0.3) is 0 Å². The summed E-state index contributed by atoms with van der Waals surface area (Å²) in [5.41, 5.74) is 2.81. The van der Waals surface area contributed by atoms with Gasteiger partial charge in [0.2, 0.25) is 11.8 Å². The molecule has 27 heavy (non-hydrogen) atoms. The number of hydrogen-bond acceptors (Lipinski definition) is 3. The molecule has 1 aliphatic carbocycles. The molecule has 2 aromatic carbocycles. The molecule has 0 spiro atoms. The number of nitrogens with one attached hydrogen (secondary N) is 1. The van der Waals surface area contributed by atoms with Gasteiger partial charge in [-0.1, -0.05) is 24.3 Å². The van der Waals surface area contributed by atoms with E-state index in [4.69, 9.17) is 0 Å². The summed E-state index contributed by atoms with van der Waals surface area (Å²) >= 11 is 1.60. The number of benzene rings is 2. The number of carbonyl (C=O) groups is 2. The van der Waals surface area contributed by atoms with Crippen molar-refractivity contribution >= 4 is 29.3 Å². The number of thioether (sulfide) groups is 1. The first kappa shape index (κ1) is 18.0. The van der Waals surface area contributed by atoms with Gasteiger partial charge in [-0.25, -0.2) is 4.39 Å². The zero-order valence-corrected chi connectivity index (χ0v) is 15.8. The van der Waals surface area contributed by atoms with Crippen molar-refractivity contribution < 1.29 is 14.0 Å². The maximum Gasteiger partial charge on any atom is 0.248 e. The predicted molar refractivity (Wildman–Crippen MR) is 105 cm³/mol. The minimum Gasteiger partial charge on any atom is -0.324 e. The van der Waals surface area contributed by atoms with E-state index in [1.807, 2.05) is 31.2 Å². The van der Waals surface area contributed by atoms with Gasteiger partial charge in [-0.05, 0) is 54.7 Å². The molecule has 1 aliphatic heterocycles. The van der Waals surface area contributed by atoms with Crippen molar-refractivity contribution in [2.75, 3.05) is 16.9 Å². The molecule has 0 bridgehead atoms. The number of nitrogens with zero attached hydrogens (tertiary/aromatic N) is 1. The summed E-state index contributed by atoms with van der Waals surface area (Å²) in [6.07, 6.45) is 0.762. The second-order valence-electron chi connectivity index (χ2n) is 7.18. The fraction of sp³-hybridized carbons (Fsp3) is 0.333. The van der Waals surface area contributed by atoms with Gasteiger partial charge in [-0.15, -0.1) is 11.8 Å². The Hall–Kier alpha value is -2.34. The number of carbonyl (C=O) groups excluding carboxylic acids is 2. The quantitative estimate of drug-likeness (QED) is 0.873. The Morgan fingerprint density at radius 1 is 1.19 bits per heavy atom. The Morgan fingerprint density at radius 3 is 2.70 bits per heavy atom. The van der Waals surface area contributed by atoms with Crippen molar-refractivity contribution in [1.82, 2.24) is 4.90 Å². The molecule has 2 fully saturated rings. The second-order valence-corrected chi connectivity index (χ2v) is 8.18. The van der Waals surface area contributed by atoms with Crippen LogP contribution in [0.15, 0.2) is 48.5 Å². The number of amides is 2. The van der Waals surface area contributed by atoms with Crippen LogP contribution < -0.4 is 5.32 Å². The van der Waals surface area contributed by atoms with E-state index in [-0.39, 0.29) is 29.5 Å². The molecule has 3 atom stereocenters. The van der Waals surface area contributed by atoms with E-state index in [1.165, 1.54) is 12.1 Å². The minimum absolute atomic E-state index is 0.0266. The van der Waals surface area contributed by atoms with Gasteiger partial charge in [0.15, 0.2) is 0 Å². The van der Waals surface area contributed by atoms with Gasteiger partial charge in [0, 0.05) is 17.4 Å². The summed E-state index contributed by atoms with van der Waals surface area (Å²) in [4.78, 5) is 27.3. The SMILES string of the molecule is Cc1cccc(NC(=O)C2CSCN2C(=O)C2CC2c2ccc(F)cc2)c1.